The molecule has 0 fully saturated rings. The zero-order valence-electron chi connectivity index (χ0n) is 14.1. The third-order valence-electron chi connectivity index (χ3n) is 3.53. The topological polar surface area (TPSA) is 67.9 Å². The Morgan fingerprint density at radius 3 is 2.88 bits per heavy atom. The van der Waals surface area contributed by atoms with Crippen molar-refractivity contribution in [2.75, 3.05) is 7.11 Å². The summed E-state index contributed by atoms with van der Waals surface area (Å²) >= 11 is 3.08. The SMILES string of the molecule is CCCc1cc(=O)[nH]c(SCc2csc(-c3ccccc3OC)n2)n1. The number of H-pyrrole nitrogens is 1. The van der Waals surface area contributed by atoms with Gasteiger partial charge in [-0.2, -0.15) is 0 Å². The summed E-state index contributed by atoms with van der Waals surface area (Å²) in [6, 6.07) is 9.41. The van der Waals surface area contributed by atoms with Gasteiger partial charge < -0.3 is 9.72 Å². The molecule has 0 amide bonds. The van der Waals surface area contributed by atoms with Gasteiger partial charge in [0.25, 0.3) is 5.56 Å². The number of hydrogen-bond donors (Lipinski definition) is 1. The van der Waals surface area contributed by atoms with Gasteiger partial charge in [-0.3, -0.25) is 4.79 Å². The van der Waals surface area contributed by atoms with Crippen LogP contribution in [0.1, 0.15) is 24.7 Å². The van der Waals surface area contributed by atoms with Gasteiger partial charge in [0.05, 0.1) is 18.4 Å². The van der Waals surface area contributed by atoms with Crippen molar-refractivity contribution in [1.29, 1.82) is 0 Å². The van der Waals surface area contributed by atoms with Crippen LogP contribution >= 0.6 is 23.1 Å². The molecule has 3 aromatic rings. The smallest absolute Gasteiger partial charge is 0.251 e. The zero-order valence-corrected chi connectivity index (χ0v) is 15.7. The van der Waals surface area contributed by atoms with E-state index in [1.807, 2.05) is 29.6 Å². The van der Waals surface area contributed by atoms with Crippen LogP contribution in [0.25, 0.3) is 10.6 Å². The molecule has 7 heteroatoms. The Balaban J connectivity index is 1.73. The average molecular weight is 374 g/mol. The van der Waals surface area contributed by atoms with E-state index in [1.54, 1.807) is 24.5 Å². The van der Waals surface area contributed by atoms with Gasteiger partial charge in [-0.1, -0.05) is 37.2 Å². The summed E-state index contributed by atoms with van der Waals surface area (Å²) in [5, 5.41) is 3.60. The minimum atomic E-state index is -0.103. The van der Waals surface area contributed by atoms with E-state index >= 15 is 0 Å². The second-order valence-electron chi connectivity index (χ2n) is 5.42. The number of para-hydroxylation sites is 1. The third-order valence-corrected chi connectivity index (χ3v) is 5.36. The first-order chi connectivity index (χ1) is 12.2. The minimum absolute atomic E-state index is 0.103. The molecule has 0 spiro atoms. The highest BCUT2D eigenvalue weighted by molar-refractivity contribution is 7.98. The first-order valence-electron chi connectivity index (χ1n) is 8.00. The Bertz CT molecular complexity index is 905. The molecule has 0 atom stereocenters. The lowest BCUT2D eigenvalue weighted by atomic mass is 10.2. The van der Waals surface area contributed by atoms with Gasteiger partial charge in [0.15, 0.2) is 5.16 Å². The quantitative estimate of drug-likeness (QED) is 0.498. The molecule has 3 rings (SSSR count). The molecule has 2 aromatic heterocycles. The molecule has 0 aliphatic rings. The molecular formula is C18H19N3O2S2. The van der Waals surface area contributed by atoms with E-state index in [9.17, 15) is 4.79 Å². The predicted molar refractivity (Wildman–Crippen MR) is 103 cm³/mol. The highest BCUT2D eigenvalue weighted by Gasteiger charge is 2.10. The average Bonchev–Trinajstić information content (AvgIpc) is 3.08. The maximum atomic E-state index is 11.7. The van der Waals surface area contributed by atoms with Gasteiger partial charge in [-0.25, -0.2) is 9.97 Å². The Morgan fingerprint density at radius 1 is 1.24 bits per heavy atom. The van der Waals surface area contributed by atoms with E-state index in [0.717, 1.165) is 40.6 Å². The predicted octanol–water partition coefficient (Wildman–Crippen LogP) is 4.15. The van der Waals surface area contributed by atoms with Crippen molar-refractivity contribution in [2.45, 2.75) is 30.7 Å². The van der Waals surface area contributed by atoms with Crippen molar-refractivity contribution in [3.8, 4) is 16.3 Å². The number of thiazole rings is 1. The Morgan fingerprint density at radius 2 is 2.08 bits per heavy atom. The third kappa shape index (κ3) is 4.49. The maximum Gasteiger partial charge on any atom is 0.251 e. The van der Waals surface area contributed by atoms with Gasteiger partial charge in [-0.15, -0.1) is 11.3 Å². The molecule has 0 aliphatic heterocycles. The number of nitrogens with zero attached hydrogens (tertiary/aromatic N) is 2. The molecule has 5 nitrogen and oxygen atoms in total. The Labute approximate surface area is 154 Å². The molecular weight excluding hydrogens is 354 g/mol. The number of aromatic amines is 1. The lowest BCUT2D eigenvalue weighted by Gasteiger charge is -2.04. The number of nitrogens with one attached hydrogen (secondary N) is 1. The largest absolute Gasteiger partial charge is 0.496 e. The maximum absolute atomic E-state index is 11.7. The van der Waals surface area contributed by atoms with Gasteiger partial charge in [0.2, 0.25) is 0 Å². The van der Waals surface area contributed by atoms with Crippen LogP contribution < -0.4 is 10.3 Å². The van der Waals surface area contributed by atoms with E-state index in [-0.39, 0.29) is 5.56 Å². The number of ether oxygens (including phenoxy) is 1. The number of thioether (sulfide) groups is 1. The molecule has 0 aliphatic carbocycles. The van der Waals surface area contributed by atoms with E-state index in [1.165, 1.54) is 11.8 Å². The number of aryl methyl sites for hydroxylation is 1. The molecule has 1 aromatic carbocycles. The number of aromatic nitrogens is 3. The van der Waals surface area contributed by atoms with Crippen molar-refractivity contribution in [1.82, 2.24) is 15.0 Å². The Hall–Kier alpha value is -2.12. The monoisotopic (exact) mass is 373 g/mol. The van der Waals surface area contributed by atoms with Gasteiger partial charge in [0, 0.05) is 22.9 Å². The summed E-state index contributed by atoms with van der Waals surface area (Å²) in [7, 11) is 1.66. The van der Waals surface area contributed by atoms with E-state index < -0.39 is 0 Å². The van der Waals surface area contributed by atoms with Gasteiger partial charge in [0.1, 0.15) is 10.8 Å². The van der Waals surface area contributed by atoms with Crippen LogP contribution in [0.5, 0.6) is 5.75 Å². The number of methoxy groups -OCH3 is 1. The molecule has 2 heterocycles. The summed E-state index contributed by atoms with van der Waals surface area (Å²) in [5.41, 5.74) is 2.68. The summed E-state index contributed by atoms with van der Waals surface area (Å²) in [4.78, 5) is 23.7. The van der Waals surface area contributed by atoms with E-state index in [2.05, 4.69) is 21.9 Å². The second kappa shape index (κ2) is 8.31. The fraction of sp³-hybridized carbons (Fsp3) is 0.278. The van der Waals surface area contributed by atoms with Crippen molar-refractivity contribution >= 4 is 23.1 Å². The molecule has 0 unspecified atom stereocenters. The van der Waals surface area contributed by atoms with Crippen LogP contribution in [0.15, 0.2) is 45.7 Å². The fourth-order valence-electron chi connectivity index (χ4n) is 2.40. The second-order valence-corrected chi connectivity index (χ2v) is 7.25. The first-order valence-corrected chi connectivity index (χ1v) is 9.87. The lowest BCUT2D eigenvalue weighted by Crippen LogP contribution is -2.09. The summed E-state index contributed by atoms with van der Waals surface area (Å²) in [6.07, 6.45) is 1.78. The standard InChI is InChI=1S/C18H19N3O2S2/c1-3-6-12-9-16(22)21-18(20-12)25-11-13-10-24-17(19-13)14-7-4-5-8-15(14)23-2/h4-5,7-10H,3,6,11H2,1-2H3,(H,20,21,22). The number of rotatable bonds is 7. The highest BCUT2D eigenvalue weighted by Crippen LogP contribution is 2.32. The van der Waals surface area contributed by atoms with Crippen LogP contribution in [0, 0.1) is 0 Å². The van der Waals surface area contributed by atoms with Crippen molar-refractivity contribution < 1.29 is 4.74 Å². The Kier molecular flexibility index (Phi) is 5.88. The minimum Gasteiger partial charge on any atom is -0.496 e. The zero-order chi connectivity index (χ0) is 17.6. The summed E-state index contributed by atoms with van der Waals surface area (Å²) < 4.78 is 5.40. The van der Waals surface area contributed by atoms with Crippen LogP contribution in [-0.4, -0.2) is 22.1 Å². The highest BCUT2D eigenvalue weighted by atomic mass is 32.2. The number of benzene rings is 1. The molecule has 0 saturated carbocycles. The van der Waals surface area contributed by atoms with Crippen molar-refractivity contribution in [3.05, 3.63) is 57.5 Å². The lowest BCUT2D eigenvalue weighted by molar-refractivity contribution is 0.416. The molecule has 0 radical (unpaired) electrons. The van der Waals surface area contributed by atoms with Crippen molar-refractivity contribution in [3.63, 3.8) is 0 Å². The molecule has 1 N–H and O–H groups in total. The molecule has 0 saturated heterocycles. The molecule has 0 bridgehead atoms. The van der Waals surface area contributed by atoms with Gasteiger partial charge >= 0.3 is 0 Å². The summed E-state index contributed by atoms with van der Waals surface area (Å²) in [5.74, 6) is 1.47. The van der Waals surface area contributed by atoms with E-state index in [0.29, 0.717) is 10.9 Å². The fourth-order valence-corrected chi connectivity index (χ4v) is 4.14. The van der Waals surface area contributed by atoms with Crippen molar-refractivity contribution in [2.24, 2.45) is 0 Å². The first kappa shape index (κ1) is 17.7. The molecule has 25 heavy (non-hydrogen) atoms. The molecule has 130 valence electrons. The summed E-state index contributed by atoms with van der Waals surface area (Å²) in [6.45, 7) is 2.07. The normalized spacial score (nSPS) is 10.8. The van der Waals surface area contributed by atoms with Crippen LogP contribution in [0.4, 0.5) is 0 Å². The van der Waals surface area contributed by atoms with E-state index in [4.69, 9.17) is 4.74 Å². The van der Waals surface area contributed by atoms with Crippen LogP contribution in [0.2, 0.25) is 0 Å². The number of hydrogen-bond acceptors (Lipinski definition) is 6. The van der Waals surface area contributed by atoms with Gasteiger partial charge in [-0.05, 0) is 18.6 Å². The van der Waals surface area contributed by atoms with Crippen LogP contribution in [-0.2, 0) is 12.2 Å². The van der Waals surface area contributed by atoms with Crippen LogP contribution in [0.3, 0.4) is 0 Å².